The van der Waals surface area contributed by atoms with Gasteiger partial charge in [0.25, 0.3) is 0 Å². The molecule has 0 aliphatic heterocycles. The number of hydrogen-bond donors (Lipinski definition) is 1. The van der Waals surface area contributed by atoms with Crippen LogP contribution in [0.2, 0.25) is 0 Å². The van der Waals surface area contributed by atoms with Crippen LogP contribution in [0.1, 0.15) is 78.1 Å². The molecule has 2 heteroatoms. The summed E-state index contributed by atoms with van der Waals surface area (Å²) in [5.74, 6) is -0.675. The number of carbonyl (C=O) groups is 1. The van der Waals surface area contributed by atoms with E-state index in [0.717, 1.165) is 19.3 Å². The summed E-state index contributed by atoms with van der Waals surface area (Å²) in [5.41, 5.74) is 0. The van der Waals surface area contributed by atoms with E-state index in [0.29, 0.717) is 6.42 Å². The van der Waals surface area contributed by atoms with E-state index < -0.39 is 5.97 Å². The van der Waals surface area contributed by atoms with Gasteiger partial charge in [0, 0.05) is 6.42 Å². The van der Waals surface area contributed by atoms with Crippen molar-refractivity contribution >= 4 is 5.97 Å². The van der Waals surface area contributed by atoms with Crippen LogP contribution in [-0.2, 0) is 4.79 Å². The fourth-order valence-electron chi connectivity index (χ4n) is 1.42. The van der Waals surface area contributed by atoms with Crippen molar-refractivity contribution in [3.63, 3.8) is 0 Å². The SMILES string of the molecule is C=CCCCCCC.CCCCCCC(=O)O. The highest BCUT2D eigenvalue weighted by Crippen LogP contribution is 2.02. The van der Waals surface area contributed by atoms with Crippen LogP contribution in [0, 0.1) is 0 Å². The molecule has 0 aliphatic rings. The molecule has 0 aromatic carbocycles. The Hall–Kier alpha value is -0.790. The van der Waals surface area contributed by atoms with Gasteiger partial charge in [0.15, 0.2) is 0 Å². The van der Waals surface area contributed by atoms with E-state index in [1.165, 1.54) is 38.5 Å². The Morgan fingerprint density at radius 2 is 1.53 bits per heavy atom. The molecule has 0 aromatic rings. The monoisotopic (exact) mass is 242 g/mol. The highest BCUT2D eigenvalue weighted by atomic mass is 16.4. The molecular weight excluding hydrogens is 212 g/mol. The molecule has 0 saturated carbocycles. The largest absolute Gasteiger partial charge is 0.481 e. The van der Waals surface area contributed by atoms with Crippen LogP contribution in [0.25, 0.3) is 0 Å². The van der Waals surface area contributed by atoms with Gasteiger partial charge in [-0.05, 0) is 19.3 Å². The Labute approximate surface area is 107 Å². The van der Waals surface area contributed by atoms with Gasteiger partial charge in [0.05, 0.1) is 0 Å². The summed E-state index contributed by atoms with van der Waals surface area (Å²) in [4.78, 5) is 9.96. The van der Waals surface area contributed by atoms with E-state index in [4.69, 9.17) is 5.11 Å². The molecule has 0 fully saturated rings. The topological polar surface area (TPSA) is 37.3 Å². The minimum Gasteiger partial charge on any atom is -0.481 e. The first-order valence-electron chi connectivity index (χ1n) is 7.01. The van der Waals surface area contributed by atoms with Crippen LogP contribution < -0.4 is 0 Å². The van der Waals surface area contributed by atoms with Gasteiger partial charge < -0.3 is 5.11 Å². The zero-order chi connectivity index (χ0) is 13.4. The molecule has 0 heterocycles. The molecule has 0 spiro atoms. The first-order valence-corrected chi connectivity index (χ1v) is 7.01. The van der Waals surface area contributed by atoms with Gasteiger partial charge >= 0.3 is 5.97 Å². The minimum atomic E-state index is -0.675. The summed E-state index contributed by atoms with van der Waals surface area (Å²) >= 11 is 0. The maximum absolute atomic E-state index is 9.96. The lowest BCUT2D eigenvalue weighted by molar-refractivity contribution is -0.137. The Bertz CT molecular complexity index is 164. The summed E-state index contributed by atoms with van der Waals surface area (Å²) < 4.78 is 0. The fraction of sp³-hybridized carbons (Fsp3) is 0.800. The number of rotatable bonds is 10. The molecule has 0 rings (SSSR count). The van der Waals surface area contributed by atoms with Crippen molar-refractivity contribution in [3.8, 4) is 0 Å². The van der Waals surface area contributed by atoms with E-state index in [-0.39, 0.29) is 0 Å². The highest BCUT2D eigenvalue weighted by molar-refractivity contribution is 5.66. The second-order valence-corrected chi connectivity index (χ2v) is 4.34. The van der Waals surface area contributed by atoms with Crippen molar-refractivity contribution in [3.05, 3.63) is 12.7 Å². The van der Waals surface area contributed by atoms with E-state index in [2.05, 4.69) is 20.4 Å². The van der Waals surface area contributed by atoms with E-state index >= 15 is 0 Å². The average molecular weight is 242 g/mol. The zero-order valence-corrected chi connectivity index (χ0v) is 11.7. The second-order valence-electron chi connectivity index (χ2n) is 4.34. The number of aliphatic carboxylic acids is 1. The van der Waals surface area contributed by atoms with Crippen molar-refractivity contribution in [1.29, 1.82) is 0 Å². The number of hydrogen-bond acceptors (Lipinski definition) is 1. The van der Waals surface area contributed by atoms with E-state index in [1.54, 1.807) is 0 Å². The van der Waals surface area contributed by atoms with Crippen LogP contribution in [0.4, 0.5) is 0 Å². The van der Waals surface area contributed by atoms with E-state index in [1.807, 2.05) is 6.08 Å². The molecule has 0 atom stereocenters. The molecule has 0 aromatic heterocycles. The minimum absolute atomic E-state index is 0.333. The van der Waals surface area contributed by atoms with Gasteiger partial charge in [0.2, 0.25) is 0 Å². The number of unbranched alkanes of at least 4 members (excludes halogenated alkanes) is 7. The van der Waals surface area contributed by atoms with Crippen LogP contribution >= 0.6 is 0 Å². The molecule has 0 saturated heterocycles. The lowest BCUT2D eigenvalue weighted by Gasteiger charge is -1.92. The first-order chi connectivity index (χ1) is 8.18. The average Bonchev–Trinajstić information content (AvgIpc) is 2.31. The lowest BCUT2D eigenvalue weighted by atomic mass is 10.2. The Morgan fingerprint density at radius 1 is 1.00 bits per heavy atom. The zero-order valence-electron chi connectivity index (χ0n) is 11.7. The van der Waals surface area contributed by atoms with Crippen LogP contribution in [0.5, 0.6) is 0 Å². The Balaban J connectivity index is 0. The number of carboxylic acids is 1. The van der Waals surface area contributed by atoms with Gasteiger partial charge in [-0.3, -0.25) is 4.79 Å². The predicted octanol–water partition coefficient (Wildman–Crippen LogP) is 5.18. The molecule has 0 unspecified atom stereocenters. The predicted molar refractivity (Wildman–Crippen MR) is 75.4 cm³/mol. The van der Waals surface area contributed by atoms with Crippen LogP contribution in [0.3, 0.4) is 0 Å². The van der Waals surface area contributed by atoms with Gasteiger partial charge in [-0.15, -0.1) is 6.58 Å². The Kier molecular flexibility index (Phi) is 19.2. The second kappa shape index (κ2) is 17.6. The van der Waals surface area contributed by atoms with Crippen molar-refractivity contribution in [2.45, 2.75) is 78.1 Å². The lowest BCUT2D eigenvalue weighted by Crippen LogP contribution is -1.92. The standard InChI is InChI=1S/C8H16.C7H14O2/c1-3-5-7-8-6-4-2;1-2-3-4-5-6-7(8)9/h3H,1,4-8H2,2H3;2-6H2,1H3,(H,8,9). The van der Waals surface area contributed by atoms with E-state index in [9.17, 15) is 4.79 Å². The van der Waals surface area contributed by atoms with Gasteiger partial charge in [0.1, 0.15) is 0 Å². The van der Waals surface area contributed by atoms with Gasteiger partial charge in [-0.25, -0.2) is 0 Å². The number of carboxylic acid groups (broad SMARTS) is 1. The number of allylic oxidation sites excluding steroid dienone is 1. The molecule has 0 bridgehead atoms. The summed E-state index contributed by atoms with van der Waals surface area (Å²) in [5, 5.41) is 8.21. The fourth-order valence-corrected chi connectivity index (χ4v) is 1.42. The maximum atomic E-state index is 9.96. The first kappa shape index (κ1) is 18.6. The molecule has 102 valence electrons. The third-order valence-electron chi connectivity index (χ3n) is 2.51. The molecule has 0 radical (unpaired) electrons. The van der Waals surface area contributed by atoms with Crippen LogP contribution in [-0.4, -0.2) is 11.1 Å². The molecule has 2 nitrogen and oxygen atoms in total. The molecular formula is C15H30O2. The Morgan fingerprint density at radius 3 is 1.94 bits per heavy atom. The summed E-state index contributed by atoms with van der Waals surface area (Å²) in [6, 6.07) is 0. The maximum Gasteiger partial charge on any atom is 0.303 e. The van der Waals surface area contributed by atoms with Crippen molar-refractivity contribution < 1.29 is 9.90 Å². The van der Waals surface area contributed by atoms with Gasteiger partial charge in [-0.1, -0.05) is 58.4 Å². The molecule has 17 heavy (non-hydrogen) atoms. The van der Waals surface area contributed by atoms with Crippen molar-refractivity contribution in [1.82, 2.24) is 0 Å². The van der Waals surface area contributed by atoms with Gasteiger partial charge in [-0.2, -0.15) is 0 Å². The third-order valence-corrected chi connectivity index (χ3v) is 2.51. The quantitative estimate of drug-likeness (QED) is 0.423. The molecule has 0 amide bonds. The summed E-state index contributed by atoms with van der Waals surface area (Å²) in [7, 11) is 0. The van der Waals surface area contributed by atoms with Crippen LogP contribution in [0.15, 0.2) is 12.7 Å². The van der Waals surface area contributed by atoms with Crippen molar-refractivity contribution in [2.24, 2.45) is 0 Å². The third kappa shape index (κ3) is 25.5. The normalized spacial score (nSPS) is 9.29. The molecule has 1 N–H and O–H groups in total. The summed E-state index contributed by atoms with van der Waals surface area (Å²) in [6.07, 6.45) is 13.2. The van der Waals surface area contributed by atoms with Crippen molar-refractivity contribution in [2.75, 3.05) is 0 Å². The molecule has 0 aliphatic carbocycles. The smallest absolute Gasteiger partial charge is 0.303 e. The highest BCUT2D eigenvalue weighted by Gasteiger charge is 1.93. The summed E-state index contributed by atoms with van der Waals surface area (Å²) in [6.45, 7) is 8.00.